The molecule has 0 unspecified atom stereocenters. The second-order valence-electron chi connectivity index (χ2n) is 4.51. The number of anilines is 2. The van der Waals surface area contributed by atoms with Crippen molar-refractivity contribution in [2.24, 2.45) is 0 Å². The predicted octanol–water partition coefficient (Wildman–Crippen LogP) is 3.13. The van der Waals surface area contributed by atoms with E-state index in [9.17, 15) is 9.18 Å². The highest BCUT2D eigenvalue weighted by Gasteiger charge is 2.15. The summed E-state index contributed by atoms with van der Waals surface area (Å²) in [4.78, 5) is 16.4. The van der Waals surface area contributed by atoms with Crippen molar-refractivity contribution < 1.29 is 9.18 Å². The fourth-order valence-electron chi connectivity index (χ4n) is 1.92. The van der Waals surface area contributed by atoms with Gasteiger partial charge in [-0.2, -0.15) is 0 Å². The monoisotopic (exact) mass is 273 g/mol. The van der Waals surface area contributed by atoms with Crippen LogP contribution in [0.5, 0.6) is 0 Å². The number of aryl methyl sites for hydroxylation is 2. The molecule has 0 bridgehead atoms. The maximum absolute atomic E-state index is 13.7. The number of carbonyl (C=O) groups excluding carboxylic acids is 1. The van der Waals surface area contributed by atoms with E-state index in [4.69, 9.17) is 0 Å². The molecule has 1 aromatic carbocycles. The van der Waals surface area contributed by atoms with E-state index in [1.807, 2.05) is 6.92 Å². The third kappa shape index (κ3) is 2.77. The molecule has 1 amide bonds. The van der Waals surface area contributed by atoms with E-state index in [1.165, 1.54) is 12.3 Å². The molecule has 20 heavy (non-hydrogen) atoms. The van der Waals surface area contributed by atoms with Gasteiger partial charge in [-0.15, -0.1) is 0 Å². The van der Waals surface area contributed by atoms with E-state index < -0.39 is 11.7 Å². The highest BCUT2D eigenvalue weighted by Crippen LogP contribution is 2.21. The van der Waals surface area contributed by atoms with Crippen molar-refractivity contribution in [3.05, 3.63) is 53.1 Å². The summed E-state index contributed by atoms with van der Waals surface area (Å²) in [7, 11) is 1.72. The van der Waals surface area contributed by atoms with Gasteiger partial charge in [0.15, 0.2) is 0 Å². The lowest BCUT2D eigenvalue weighted by Crippen LogP contribution is -2.16. The maximum atomic E-state index is 13.7. The number of carbonyl (C=O) groups is 1. The Kier molecular flexibility index (Phi) is 3.98. The number of benzene rings is 1. The van der Waals surface area contributed by atoms with Crippen LogP contribution in [0.25, 0.3) is 0 Å². The summed E-state index contributed by atoms with van der Waals surface area (Å²) in [5.74, 6) is -0.848. The van der Waals surface area contributed by atoms with E-state index in [1.54, 1.807) is 32.2 Å². The Hall–Kier alpha value is -2.43. The quantitative estimate of drug-likeness (QED) is 0.903. The Bertz CT molecular complexity index is 635. The molecule has 1 heterocycles. The molecule has 0 aliphatic carbocycles. The van der Waals surface area contributed by atoms with E-state index in [2.05, 4.69) is 15.6 Å². The smallest absolute Gasteiger partial charge is 0.259 e. The standard InChI is InChI=1S/C15H16FN3O/c1-9-5-4-6-12(16)14(9)19-15(20)11-8-18-10(2)7-13(11)17-3/h4-8H,1-3H3,(H,17,18)(H,19,20). The highest BCUT2D eigenvalue weighted by atomic mass is 19.1. The van der Waals surface area contributed by atoms with Crippen LogP contribution >= 0.6 is 0 Å². The molecule has 0 aliphatic rings. The summed E-state index contributed by atoms with van der Waals surface area (Å²) >= 11 is 0. The Morgan fingerprint density at radius 1 is 1.30 bits per heavy atom. The topological polar surface area (TPSA) is 54.0 Å². The van der Waals surface area contributed by atoms with E-state index in [0.717, 1.165) is 5.69 Å². The Morgan fingerprint density at radius 3 is 2.70 bits per heavy atom. The number of rotatable bonds is 3. The van der Waals surface area contributed by atoms with Gasteiger partial charge in [-0.3, -0.25) is 9.78 Å². The molecule has 2 aromatic rings. The number of nitrogens with one attached hydrogen (secondary N) is 2. The molecule has 0 radical (unpaired) electrons. The molecule has 1 aromatic heterocycles. The number of nitrogens with zero attached hydrogens (tertiary/aromatic N) is 1. The van der Waals surface area contributed by atoms with Gasteiger partial charge in [0.05, 0.1) is 16.9 Å². The number of hydrogen-bond acceptors (Lipinski definition) is 3. The van der Waals surface area contributed by atoms with E-state index in [0.29, 0.717) is 16.8 Å². The van der Waals surface area contributed by atoms with Crippen LogP contribution in [-0.4, -0.2) is 17.9 Å². The summed E-state index contributed by atoms with van der Waals surface area (Å²) in [6.45, 7) is 3.58. The summed E-state index contributed by atoms with van der Waals surface area (Å²) in [6.07, 6.45) is 1.48. The second kappa shape index (κ2) is 5.69. The molecule has 0 saturated heterocycles. The second-order valence-corrected chi connectivity index (χ2v) is 4.51. The zero-order valence-corrected chi connectivity index (χ0v) is 11.6. The lowest BCUT2D eigenvalue weighted by atomic mass is 10.1. The Labute approximate surface area is 117 Å². The van der Waals surface area contributed by atoms with Crippen LogP contribution in [0.3, 0.4) is 0 Å². The van der Waals surface area contributed by atoms with Crippen molar-refractivity contribution in [2.75, 3.05) is 17.7 Å². The van der Waals surface area contributed by atoms with Crippen LogP contribution in [0, 0.1) is 19.7 Å². The number of pyridine rings is 1. The summed E-state index contributed by atoms with van der Waals surface area (Å²) in [6, 6.07) is 6.43. The lowest BCUT2D eigenvalue weighted by molar-refractivity contribution is 0.102. The van der Waals surface area contributed by atoms with Gasteiger partial charge < -0.3 is 10.6 Å². The molecular weight excluding hydrogens is 257 g/mol. The largest absolute Gasteiger partial charge is 0.387 e. The summed E-state index contributed by atoms with van der Waals surface area (Å²) in [5, 5.41) is 5.53. The summed E-state index contributed by atoms with van der Waals surface area (Å²) in [5.41, 5.74) is 2.70. The van der Waals surface area contributed by atoms with Crippen LogP contribution in [0.4, 0.5) is 15.8 Å². The van der Waals surface area contributed by atoms with Gasteiger partial charge in [0.25, 0.3) is 5.91 Å². The van der Waals surface area contributed by atoms with Crippen LogP contribution in [-0.2, 0) is 0 Å². The highest BCUT2D eigenvalue weighted by molar-refractivity contribution is 6.08. The third-order valence-electron chi connectivity index (χ3n) is 3.02. The molecule has 5 heteroatoms. The first-order valence-electron chi connectivity index (χ1n) is 6.23. The lowest BCUT2D eigenvalue weighted by Gasteiger charge is -2.12. The first-order chi connectivity index (χ1) is 9.52. The van der Waals surface area contributed by atoms with Crippen molar-refractivity contribution in [2.45, 2.75) is 13.8 Å². The van der Waals surface area contributed by atoms with Crippen molar-refractivity contribution in [3.63, 3.8) is 0 Å². The molecule has 0 aliphatic heterocycles. The van der Waals surface area contributed by atoms with Gasteiger partial charge in [-0.1, -0.05) is 12.1 Å². The maximum Gasteiger partial charge on any atom is 0.259 e. The molecule has 4 nitrogen and oxygen atoms in total. The van der Waals surface area contributed by atoms with E-state index >= 15 is 0 Å². The zero-order valence-electron chi connectivity index (χ0n) is 11.6. The predicted molar refractivity (Wildman–Crippen MR) is 77.6 cm³/mol. The normalized spacial score (nSPS) is 10.2. The molecule has 2 rings (SSSR count). The summed E-state index contributed by atoms with van der Waals surface area (Å²) < 4.78 is 13.7. The average molecular weight is 273 g/mol. The zero-order chi connectivity index (χ0) is 14.7. The van der Waals surface area contributed by atoms with Crippen molar-refractivity contribution in [3.8, 4) is 0 Å². The average Bonchev–Trinajstić information content (AvgIpc) is 2.42. The van der Waals surface area contributed by atoms with Crippen LogP contribution in [0.1, 0.15) is 21.6 Å². The van der Waals surface area contributed by atoms with Gasteiger partial charge >= 0.3 is 0 Å². The molecule has 0 spiro atoms. The van der Waals surface area contributed by atoms with Gasteiger partial charge in [-0.25, -0.2) is 4.39 Å². The number of hydrogen-bond donors (Lipinski definition) is 2. The van der Waals surface area contributed by atoms with Crippen LogP contribution < -0.4 is 10.6 Å². The SMILES string of the molecule is CNc1cc(C)ncc1C(=O)Nc1c(C)cccc1F. The van der Waals surface area contributed by atoms with Crippen molar-refractivity contribution in [1.29, 1.82) is 0 Å². The van der Waals surface area contributed by atoms with Crippen molar-refractivity contribution >= 4 is 17.3 Å². The minimum absolute atomic E-state index is 0.195. The van der Waals surface area contributed by atoms with Gasteiger partial charge in [0.2, 0.25) is 0 Å². The Morgan fingerprint density at radius 2 is 2.05 bits per heavy atom. The molecule has 0 atom stereocenters. The third-order valence-corrected chi connectivity index (χ3v) is 3.02. The molecular formula is C15H16FN3O. The first-order valence-corrected chi connectivity index (χ1v) is 6.23. The van der Waals surface area contributed by atoms with Gasteiger partial charge in [0.1, 0.15) is 5.82 Å². The number of para-hydroxylation sites is 1. The molecule has 0 saturated carbocycles. The fraction of sp³-hybridized carbons (Fsp3) is 0.200. The van der Waals surface area contributed by atoms with Crippen molar-refractivity contribution in [1.82, 2.24) is 4.98 Å². The molecule has 0 fully saturated rings. The van der Waals surface area contributed by atoms with Crippen LogP contribution in [0.15, 0.2) is 30.5 Å². The fourth-order valence-corrected chi connectivity index (χ4v) is 1.92. The van der Waals surface area contributed by atoms with Crippen LogP contribution in [0.2, 0.25) is 0 Å². The number of aromatic nitrogens is 1. The Balaban J connectivity index is 2.33. The number of amides is 1. The number of halogens is 1. The minimum atomic E-state index is -0.454. The minimum Gasteiger partial charge on any atom is -0.387 e. The van der Waals surface area contributed by atoms with Gasteiger partial charge in [-0.05, 0) is 31.5 Å². The van der Waals surface area contributed by atoms with E-state index in [-0.39, 0.29) is 5.69 Å². The first kappa shape index (κ1) is 14.0. The van der Waals surface area contributed by atoms with Gasteiger partial charge in [0, 0.05) is 18.9 Å². The molecule has 2 N–H and O–H groups in total. The molecule has 104 valence electrons.